The number of rotatable bonds is 6. The molecule has 4 nitrogen and oxygen atoms in total. The molecule has 1 fully saturated rings. The van der Waals surface area contributed by atoms with Crippen molar-refractivity contribution in [3.05, 3.63) is 29.8 Å². The molecule has 0 amide bonds. The fourth-order valence-electron chi connectivity index (χ4n) is 2.50. The van der Waals surface area contributed by atoms with Crippen LogP contribution in [0, 0.1) is 0 Å². The van der Waals surface area contributed by atoms with E-state index in [0.717, 1.165) is 31.9 Å². The Balaban J connectivity index is 1.88. The van der Waals surface area contributed by atoms with Crippen molar-refractivity contribution >= 4 is 0 Å². The van der Waals surface area contributed by atoms with Crippen LogP contribution in [0.25, 0.3) is 0 Å². The number of hydrogen-bond donors (Lipinski definition) is 1. The predicted molar refractivity (Wildman–Crippen MR) is 81.1 cm³/mol. The topological polar surface area (TPSA) is 47.7 Å². The van der Waals surface area contributed by atoms with Gasteiger partial charge in [0.1, 0.15) is 18.5 Å². The lowest BCUT2D eigenvalue weighted by molar-refractivity contribution is -0.0565. The van der Waals surface area contributed by atoms with Crippen molar-refractivity contribution in [2.45, 2.75) is 32.4 Å². The van der Waals surface area contributed by atoms with Crippen LogP contribution in [-0.4, -0.2) is 49.9 Å². The SMILES string of the molecule is CC(C)N1CCOC(COc2ccccc2CCN)C1. The Morgan fingerprint density at radius 2 is 2.20 bits per heavy atom. The molecule has 112 valence electrons. The van der Waals surface area contributed by atoms with Crippen molar-refractivity contribution in [1.29, 1.82) is 0 Å². The van der Waals surface area contributed by atoms with Gasteiger partial charge in [0, 0.05) is 19.1 Å². The molecule has 0 saturated carbocycles. The van der Waals surface area contributed by atoms with E-state index in [0.29, 0.717) is 19.2 Å². The van der Waals surface area contributed by atoms with Crippen molar-refractivity contribution < 1.29 is 9.47 Å². The van der Waals surface area contributed by atoms with E-state index in [4.69, 9.17) is 15.2 Å². The van der Waals surface area contributed by atoms with Gasteiger partial charge >= 0.3 is 0 Å². The Morgan fingerprint density at radius 3 is 2.95 bits per heavy atom. The lowest BCUT2D eigenvalue weighted by Gasteiger charge is -2.35. The van der Waals surface area contributed by atoms with Crippen LogP contribution in [0.15, 0.2) is 24.3 Å². The molecule has 1 aliphatic heterocycles. The molecule has 1 heterocycles. The Bertz CT molecular complexity index is 409. The van der Waals surface area contributed by atoms with Crippen LogP contribution in [0.4, 0.5) is 0 Å². The quantitative estimate of drug-likeness (QED) is 0.860. The number of nitrogens with two attached hydrogens (primary N) is 1. The van der Waals surface area contributed by atoms with E-state index in [9.17, 15) is 0 Å². The highest BCUT2D eigenvalue weighted by Gasteiger charge is 2.22. The molecule has 4 heteroatoms. The van der Waals surface area contributed by atoms with Gasteiger partial charge in [0.25, 0.3) is 0 Å². The van der Waals surface area contributed by atoms with Gasteiger partial charge in [-0.2, -0.15) is 0 Å². The molecule has 0 aromatic heterocycles. The summed E-state index contributed by atoms with van der Waals surface area (Å²) in [6, 6.07) is 8.66. The van der Waals surface area contributed by atoms with Crippen LogP contribution in [-0.2, 0) is 11.2 Å². The largest absolute Gasteiger partial charge is 0.491 e. The van der Waals surface area contributed by atoms with E-state index in [1.54, 1.807) is 0 Å². The van der Waals surface area contributed by atoms with Gasteiger partial charge in [0.15, 0.2) is 0 Å². The standard InChI is InChI=1S/C16H26N2O2/c1-13(2)18-9-10-19-15(11-18)12-20-16-6-4-3-5-14(16)7-8-17/h3-6,13,15H,7-12,17H2,1-2H3. The van der Waals surface area contributed by atoms with E-state index < -0.39 is 0 Å². The molecule has 1 saturated heterocycles. The molecule has 2 rings (SSSR count). The smallest absolute Gasteiger partial charge is 0.122 e. The van der Waals surface area contributed by atoms with Gasteiger partial charge in [-0.05, 0) is 38.4 Å². The van der Waals surface area contributed by atoms with Crippen molar-refractivity contribution in [1.82, 2.24) is 4.90 Å². The summed E-state index contributed by atoms with van der Waals surface area (Å²) >= 11 is 0. The van der Waals surface area contributed by atoms with E-state index in [1.807, 2.05) is 18.2 Å². The Hall–Kier alpha value is -1.10. The summed E-state index contributed by atoms with van der Waals surface area (Å²) < 4.78 is 11.7. The van der Waals surface area contributed by atoms with Gasteiger partial charge in [0.2, 0.25) is 0 Å². The maximum atomic E-state index is 5.95. The molecule has 0 radical (unpaired) electrons. The number of ether oxygens (including phenoxy) is 2. The van der Waals surface area contributed by atoms with Gasteiger partial charge in [-0.25, -0.2) is 0 Å². The highest BCUT2D eigenvalue weighted by atomic mass is 16.5. The minimum absolute atomic E-state index is 0.150. The van der Waals surface area contributed by atoms with Gasteiger partial charge < -0.3 is 15.2 Å². The molecule has 20 heavy (non-hydrogen) atoms. The molecular formula is C16H26N2O2. The number of hydrogen-bond acceptors (Lipinski definition) is 4. The minimum atomic E-state index is 0.150. The average molecular weight is 278 g/mol. The Kier molecular flexibility index (Phi) is 5.83. The fraction of sp³-hybridized carbons (Fsp3) is 0.625. The second-order valence-corrected chi connectivity index (χ2v) is 5.54. The summed E-state index contributed by atoms with van der Waals surface area (Å²) in [7, 11) is 0. The summed E-state index contributed by atoms with van der Waals surface area (Å²) in [4.78, 5) is 2.43. The zero-order valence-electron chi connectivity index (χ0n) is 12.5. The van der Waals surface area contributed by atoms with Gasteiger partial charge in [0.05, 0.1) is 6.61 Å². The van der Waals surface area contributed by atoms with E-state index in [2.05, 4.69) is 24.8 Å². The fourth-order valence-corrected chi connectivity index (χ4v) is 2.50. The molecule has 0 aliphatic carbocycles. The minimum Gasteiger partial charge on any atom is -0.491 e. The van der Waals surface area contributed by atoms with Gasteiger partial charge in [-0.1, -0.05) is 18.2 Å². The molecule has 1 atom stereocenters. The summed E-state index contributed by atoms with van der Waals surface area (Å²) in [5.41, 5.74) is 6.81. The molecule has 0 bridgehead atoms. The monoisotopic (exact) mass is 278 g/mol. The van der Waals surface area contributed by atoms with Crippen molar-refractivity contribution in [3.8, 4) is 5.75 Å². The first-order valence-electron chi connectivity index (χ1n) is 7.47. The van der Waals surface area contributed by atoms with Crippen LogP contribution < -0.4 is 10.5 Å². The third-order valence-electron chi connectivity index (χ3n) is 3.71. The molecule has 1 unspecified atom stereocenters. The first-order valence-corrected chi connectivity index (χ1v) is 7.47. The van der Waals surface area contributed by atoms with E-state index >= 15 is 0 Å². The third kappa shape index (κ3) is 4.20. The first kappa shape index (κ1) is 15.3. The normalized spacial score (nSPS) is 20.3. The average Bonchev–Trinajstić information content (AvgIpc) is 2.47. The van der Waals surface area contributed by atoms with Crippen molar-refractivity contribution in [2.75, 3.05) is 32.8 Å². The van der Waals surface area contributed by atoms with Crippen LogP contribution in [0.5, 0.6) is 5.75 Å². The van der Waals surface area contributed by atoms with Gasteiger partial charge in [-0.3, -0.25) is 4.90 Å². The van der Waals surface area contributed by atoms with Crippen LogP contribution >= 0.6 is 0 Å². The lowest BCUT2D eigenvalue weighted by atomic mass is 10.1. The van der Waals surface area contributed by atoms with Crippen LogP contribution in [0.2, 0.25) is 0 Å². The Morgan fingerprint density at radius 1 is 1.40 bits per heavy atom. The highest BCUT2D eigenvalue weighted by molar-refractivity contribution is 5.33. The Labute approximate surface area is 121 Å². The zero-order valence-corrected chi connectivity index (χ0v) is 12.5. The van der Waals surface area contributed by atoms with Crippen LogP contribution in [0.1, 0.15) is 19.4 Å². The maximum absolute atomic E-state index is 5.95. The molecule has 2 N–H and O–H groups in total. The van der Waals surface area contributed by atoms with E-state index in [1.165, 1.54) is 5.56 Å². The maximum Gasteiger partial charge on any atom is 0.122 e. The molecular weight excluding hydrogens is 252 g/mol. The third-order valence-corrected chi connectivity index (χ3v) is 3.71. The van der Waals surface area contributed by atoms with E-state index in [-0.39, 0.29) is 6.10 Å². The van der Waals surface area contributed by atoms with Crippen molar-refractivity contribution in [3.63, 3.8) is 0 Å². The lowest BCUT2D eigenvalue weighted by Crippen LogP contribution is -2.47. The van der Waals surface area contributed by atoms with Crippen LogP contribution in [0.3, 0.4) is 0 Å². The summed E-state index contributed by atoms with van der Waals surface area (Å²) in [5.74, 6) is 0.934. The summed E-state index contributed by atoms with van der Waals surface area (Å²) in [6.45, 7) is 8.43. The summed E-state index contributed by atoms with van der Waals surface area (Å²) in [6.07, 6.45) is 0.997. The molecule has 1 aromatic rings. The highest BCUT2D eigenvalue weighted by Crippen LogP contribution is 2.19. The second kappa shape index (κ2) is 7.62. The predicted octanol–water partition coefficient (Wildman–Crippen LogP) is 1.68. The number of benzene rings is 1. The number of para-hydroxylation sites is 1. The first-order chi connectivity index (χ1) is 9.70. The number of morpholine rings is 1. The molecule has 1 aliphatic rings. The molecule has 1 aromatic carbocycles. The summed E-state index contributed by atoms with van der Waals surface area (Å²) in [5, 5.41) is 0. The van der Waals surface area contributed by atoms with Crippen molar-refractivity contribution in [2.24, 2.45) is 5.73 Å². The molecule has 0 spiro atoms. The van der Waals surface area contributed by atoms with Gasteiger partial charge in [-0.15, -0.1) is 0 Å². The second-order valence-electron chi connectivity index (χ2n) is 5.54. The number of nitrogens with zero attached hydrogens (tertiary/aromatic N) is 1. The zero-order chi connectivity index (χ0) is 14.4.